The van der Waals surface area contributed by atoms with Crippen LogP contribution < -0.4 is 20.3 Å². The Bertz CT molecular complexity index is 2070. The second-order valence-corrected chi connectivity index (χ2v) is 19.8. The van der Waals surface area contributed by atoms with Crippen LogP contribution in [0, 0.1) is 30.6 Å². The van der Waals surface area contributed by atoms with Crippen molar-refractivity contribution < 1.29 is 73.2 Å². The molecule has 61 heavy (non-hydrogen) atoms. The number of amides is 1. The molecule has 4 aliphatic rings. The van der Waals surface area contributed by atoms with Gasteiger partial charge in [-0.2, -0.15) is 5.48 Å². The number of nitrogens with one attached hydrogen (secondary N) is 2. The number of carbonyl (C=O) groups is 3. The monoisotopic (exact) mass is 988 g/mol. The standard InChI is InChI=1S/C39H45BrN2O15S4/c1-17-25(33(51-4)34(52-5)30(45)27(17)40)36(48)60-35-19(3)54-24(14-21(35)43)57-42-28-18(2)55-37(32(47)31(28)46)56-23-12-10-8-9-11-13-39(50)15-22(44)29(41-38(49)53-6)26(23)20(39)16-59-61-58-7/h8-9,16,18-19,21,23-24,28,31-32,35,37,42-43,45-47,50H,14-15H2,1-7H3,(H,41,49)/b9-8-,20-16?/t18?,19?,21?,23-,24?,28?,31?,32?,35?,37?,39+/m1/s1. The Kier molecular flexibility index (Phi) is 17.4. The van der Waals surface area contributed by atoms with Crippen LogP contribution in [0.4, 0.5) is 4.79 Å². The number of methoxy groups -OCH3 is 3. The number of benzene rings is 1. The highest BCUT2D eigenvalue weighted by Gasteiger charge is 2.49. The van der Waals surface area contributed by atoms with Gasteiger partial charge in [0, 0.05) is 17.6 Å². The van der Waals surface area contributed by atoms with Gasteiger partial charge in [-0.25, -0.2) is 4.79 Å². The molecule has 11 atom stereocenters. The molecule has 2 aliphatic heterocycles. The summed E-state index contributed by atoms with van der Waals surface area (Å²) < 4.78 is 34.0. The van der Waals surface area contributed by atoms with Crippen molar-refractivity contribution in [2.75, 3.05) is 27.6 Å². The van der Waals surface area contributed by atoms with Gasteiger partial charge in [-0.15, -0.1) is 0 Å². The highest BCUT2D eigenvalue weighted by molar-refractivity contribution is 9.10. The maximum Gasteiger partial charge on any atom is 0.411 e. The quantitative estimate of drug-likeness (QED) is 0.0649. The van der Waals surface area contributed by atoms with Gasteiger partial charge in [0.05, 0.1) is 73.1 Å². The van der Waals surface area contributed by atoms with Crippen molar-refractivity contribution in [2.24, 2.45) is 0 Å². The maximum absolute atomic E-state index is 13.7. The van der Waals surface area contributed by atoms with E-state index in [1.54, 1.807) is 26.2 Å². The second-order valence-electron chi connectivity index (χ2n) is 13.8. The summed E-state index contributed by atoms with van der Waals surface area (Å²) in [5, 5.41) is 59.1. The number of halogens is 1. The molecule has 2 bridgehead atoms. The van der Waals surface area contributed by atoms with Crippen molar-refractivity contribution in [1.82, 2.24) is 10.8 Å². The maximum atomic E-state index is 13.7. The normalized spacial score (nSPS) is 32.2. The fourth-order valence-corrected chi connectivity index (χ4v) is 10.6. The fraction of sp³-hybridized carbons (Fsp3) is 0.513. The molecule has 2 fully saturated rings. The molecule has 0 saturated carbocycles. The second kappa shape index (κ2) is 21.6. The summed E-state index contributed by atoms with van der Waals surface area (Å²) in [5.74, 6) is 10.1. The summed E-state index contributed by atoms with van der Waals surface area (Å²) in [5.41, 5.74) is 0.985. The number of aliphatic hydroxyl groups is 4. The van der Waals surface area contributed by atoms with E-state index in [1.165, 1.54) is 57.8 Å². The lowest BCUT2D eigenvalue weighted by atomic mass is 9.76. The van der Waals surface area contributed by atoms with Gasteiger partial charge in [0.2, 0.25) is 10.9 Å². The number of ether oxygens (including phenoxy) is 6. The number of thioether (sulfide) groups is 1. The third kappa shape index (κ3) is 10.9. The van der Waals surface area contributed by atoms with Gasteiger partial charge in [0.25, 0.3) is 0 Å². The summed E-state index contributed by atoms with van der Waals surface area (Å²) in [7, 11) is 7.78. The van der Waals surface area contributed by atoms with Crippen molar-refractivity contribution in [1.29, 1.82) is 0 Å². The van der Waals surface area contributed by atoms with Crippen molar-refractivity contribution in [3.8, 4) is 40.9 Å². The molecule has 1 aromatic carbocycles. The highest BCUT2D eigenvalue weighted by Crippen LogP contribution is 2.49. The Labute approximate surface area is 376 Å². The van der Waals surface area contributed by atoms with Crippen LogP contribution in [0.5, 0.6) is 17.2 Å². The van der Waals surface area contributed by atoms with E-state index in [-0.39, 0.29) is 50.5 Å². The number of rotatable bonds is 13. The molecule has 5 rings (SSSR count). The van der Waals surface area contributed by atoms with Crippen molar-refractivity contribution in [3.63, 3.8) is 0 Å². The lowest BCUT2D eigenvalue weighted by Gasteiger charge is -2.44. The zero-order chi connectivity index (χ0) is 44.8. The molecule has 9 unspecified atom stereocenters. The Morgan fingerprint density at radius 3 is 2.41 bits per heavy atom. The number of hydrogen-bond acceptors (Lipinski definition) is 20. The van der Waals surface area contributed by atoms with E-state index >= 15 is 0 Å². The number of phenols is 1. The first-order chi connectivity index (χ1) is 29.0. The molecule has 2 aliphatic carbocycles. The van der Waals surface area contributed by atoms with Crippen molar-refractivity contribution in [2.45, 2.75) is 99.7 Å². The van der Waals surface area contributed by atoms with E-state index in [0.717, 1.165) is 18.9 Å². The summed E-state index contributed by atoms with van der Waals surface area (Å²) in [4.78, 5) is 45.5. The molecular formula is C39H45BrN2O15S4. The van der Waals surface area contributed by atoms with Crippen LogP contribution in [0.15, 0.2) is 38.9 Å². The highest BCUT2D eigenvalue weighted by atomic mass is 79.9. The number of allylic oxidation sites excluding steroid dienone is 3. The molecular weight excluding hydrogens is 945 g/mol. The number of hydroxylamine groups is 1. The van der Waals surface area contributed by atoms with E-state index in [0.29, 0.717) is 5.56 Å². The van der Waals surface area contributed by atoms with Gasteiger partial charge in [-0.1, -0.05) is 57.0 Å². The Hall–Kier alpha value is -2.91. The lowest BCUT2D eigenvalue weighted by molar-refractivity contribution is -0.301. The molecule has 2 saturated heterocycles. The Morgan fingerprint density at radius 2 is 1.75 bits per heavy atom. The number of alkyl carbamates (subject to hydrolysis) is 1. The van der Waals surface area contributed by atoms with Gasteiger partial charge in [0.1, 0.15) is 18.3 Å². The molecule has 17 nitrogen and oxygen atoms in total. The molecule has 7 N–H and O–H groups in total. The lowest BCUT2D eigenvalue weighted by Crippen LogP contribution is -2.63. The number of fused-ring (bicyclic) bond motifs is 2. The topological polar surface area (TPSA) is 241 Å². The van der Waals surface area contributed by atoms with E-state index in [9.17, 15) is 39.9 Å². The minimum absolute atomic E-state index is 0.0325. The fourth-order valence-electron chi connectivity index (χ4n) is 6.86. The molecule has 2 heterocycles. The molecule has 332 valence electrons. The number of carbonyl (C=O) groups excluding carboxylic acids is 3. The number of hydrogen-bond donors (Lipinski definition) is 7. The zero-order valence-electron chi connectivity index (χ0n) is 33.7. The predicted molar refractivity (Wildman–Crippen MR) is 232 cm³/mol. The number of ketones is 1. The third-order valence-electron chi connectivity index (χ3n) is 9.91. The van der Waals surface area contributed by atoms with Crippen LogP contribution in [0.3, 0.4) is 0 Å². The summed E-state index contributed by atoms with van der Waals surface area (Å²) in [6, 6.07) is -1.08. The largest absolute Gasteiger partial charge is 0.503 e. The summed E-state index contributed by atoms with van der Waals surface area (Å²) in [6.07, 6.45) is -7.18. The molecule has 22 heteroatoms. The molecule has 0 aromatic heterocycles. The van der Waals surface area contributed by atoms with Crippen molar-refractivity contribution in [3.05, 3.63) is 50.0 Å². The van der Waals surface area contributed by atoms with Gasteiger partial charge in [-0.05, 0) is 75.9 Å². The van der Waals surface area contributed by atoms with Crippen LogP contribution in [-0.2, 0) is 28.6 Å². The minimum atomic E-state index is -2.03. The van der Waals surface area contributed by atoms with E-state index in [2.05, 4.69) is 50.4 Å². The van der Waals surface area contributed by atoms with Crippen LogP contribution in [-0.4, -0.2) is 136 Å². The van der Waals surface area contributed by atoms with E-state index < -0.39 is 89.5 Å². The average molecular weight is 990 g/mol. The number of phenolic OH excluding ortho intramolecular Hbond substituents is 1. The van der Waals surface area contributed by atoms with Gasteiger partial charge in [0.15, 0.2) is 35.5 Å². The molecule has 1 aromatic rings. The number of aliphatic hydroxyl groups excluding tert-OH is 3. The minimum Gasteiger partial charge on any atom is -0.503 e. The van der Waals surface area contributed by atoms with E-state index in [1.807, 2.05) is 6.26 Å². The number of Topliss-reactive ketones (excluding diaryl/α,β-unsaturated/α-hetero) is 1. The third-order valence-corrected chi connectivity index (χ3v) is 15.7. The van der Waals surface area contributed by atoms with Crippen molar-refractivity contribution >= 4 is 76.1 Å². The predicted octanol–water partition coefficient (Wildman–Crippen LogP) is 3.39. The van der Waals surface area contributed by atoms with Gasteiger partial charge in [-0.3, -0.25) is 19.7 Å². The van der Waals surface area contributed by atoms with Crippen LogP contribution >= 0.6 is 59.1 Å². The Balaban J connectivity index is 1.30. The molecule has 0 spiro atoms. The first-order valence-electron chi connectivity index (χ1n) is 18.4. The Morgan fingerprint density at radius 1 is 1.05 bits per heavy atom. The molecule has 0 radical (unpaired) electrons. The van der Waals surface area contributed by atoms with E-state index in [4.69, 9.17) is 33.3 Å². The number of aromatic hydroxyl groups is 1. The van der Waals surface area contributed by atoms with Crippen LogP contribution in [0.25, 0.3) is 0 Å². The smallest absolute Gasteiger partial charge is 0.411 e. The average Bonchev–Trinajstić information content (AvgIpc) is 3.22. The van der Waals surface area contributed by atoms with Crippen LogP contribution in [0.1, 0.15) is 42.6 Å². The first-order valence-corrected chi connectivity index (χ1v) is 24.0. The first kappa shape index (κ1) is 49.1. The SMILES string of the molecule is COC(=O)NC1=C2C(=CSSSC)[C@](O)(C#C/C=C\C#C[C@H]2OC2OC(C)C(NOC3CC(O)C(SC(=O)c4c(C)c(Br)c(O)c(OC)c4OC)C(C)O3)C(O)C2O)CC1=O. The summed E-state index contributed by atoms with van der Waals surface area (Å²) in [6.45, 7) is 4.85. The molecule has 1 amide bonds. The van der Waals surface area contributed by atoms with Crippen LogP contribution in [0.2, 0.25) is 0 Å². The van der Waals surface area contributed by atoms with Gasteiger partial charge >= 0.3 is 6.09 Å². The summed E-state index contributed by atoms with van der Waals surface area (Å²) >= 11 is 4.12. The van der Waals surface area contributed by atoms with Gasteiger partial charge < -0.3 is 54.0 Å². The zero-order valence-corrected chi connectivity index (χ0v) is 38.6.